The molecule has 0 spiro atoms. The van der Waals surface area contributed by atoms with E-state index in [1.165, 1.54) is 0 Å². The Morgan fingerprint density at radius 1 is 0.929 bits per heavy atom. The van der Waals surface area contributed by atoms with Crippen LogP contribution in [0.25, 0.3) is 0 Å². The van der Waals surface area contributed by atoms with Crippen LogP contribution in [0.2, 0.25) is 0 Å². The Hall–Kier alpha value is 1.75. The van der Waals surface area contributed by atoms with E-state index in [-0.39, 0.29) is 51.4 Å². The topological polar surface area (TPSA) is 55.8 Å². The molecule has 0 aromatic heterocycles. The summed E-state index contributed by atoms with van der Waals surface area (Å²) < 4.78 is 21.1. The molecule has 0 aromatic carbocycles. The van der Waals surface area contributed by atoms with Gasteiger partial charge in [0.05, 0.1) is 11.2 Å². The first-order chi connectivity index (χ1) is 5.41. The molecule has 0 aliphatic carbocycles. The van der Waals surface area contributed by atoms with Crippen molar-refractivity contribution in [1.82, 2.24) is 0 Å². The van der Waals surface area contributed by atoms with Gasteiger partial charge in [0.25, 0.3) is 0 Å². The Labute approximate surface area is 129 Å². The molecule has 0 fully saturated rings. The molecule has 6 heteroatoms. The van der Waals surface area contributed by atoms with Gasteiger partial charge in [-0.1, -0.05) is 0 Å². The van der Waals surface area contributed by atoms with E-state index in [4.69, 9.17) is 9.05 Å². The molecule has 0 aliphatic rings. The number of hydrogen-bond donors (Lipinski definition) is 1. The summed E-state index contributed by atoms with van der Waals surface area (Å²) in [5.41, 5.74) is -1.37. The van der Waals surface area contributed by atoms with E-state index in [1.807, 2.05) is 0 Å². The Morgan fingerprint density at radius 3 is 1.29 bits per heavy atom. The fraction of sp³-hybridized carbons (Fsp3) is 1.00. The Bertz CT molecular complexity index is 196. The number of phosphoric ester groups is 1. The van der Waals surface area contributed by atoms with Gasteiger partial charge in [0.15, 0.2) is 0 Å². The molecule has 0 aliphatic heterocycles. The molecule has 0 saturated carbocycles. The average Bonchev–Trinajstić information content (AvgIpc) is 1.43. The molecule has 14 heavy (non-hydrogen) atoms. The fourth-order valence-electron chi connectivity index (χ4n) is 0.711. The predicted molar refractivity (Wildman–Crippen MR) is 58.7 cm³/mol. The van der Waals surface area contributed by atoms with Crippen molar-refractivity contribution < 1.29 is 18.5 Å². The summed E-state index contributed by atoms with van der Waals surface area (Å²) in [6.45, 7) is 10.2. The zero-order valence-electron chi connectivity index (χ0n) is 9.12. The van der Waals surface area contributed by atoms with Gasteiger partial charge in [0.1, 0.15) is 0 Å². The van der Waals surface area contributed by atoms with Gasteiger partial charge in [-0.3, -0.25) is 9.05 Å². The summed E-state index contributed by atoms with van der Waals surface area (Å²) in [4.78, 5) is 9.30. The van der Waals surface area contributed by atoms with E-state index in [9.17, 15) is 9.46 Å². The van der Waals surface area contributed by atoms with Gasteiger partial charge in [-0.05, 0) is 41.5 Å². The molecular weight excluding hydrogens is 230 g/mol. The Morgan fingerprint density at radius 2 is 1.14 bits per heavy atom. The van der Waals surface area contributed by atoms with Gasteiger partial charge in [0.2, 0.25) is 0 Å². The molecule has 0 unspecified atom stereocenters. The average molecular weight is 250 g/mol. The van der Waals surface area contributed by atoms with Crippen molar-refractivity contribution in [2.24, 2.45) is 0 Å². The Kier molecular flexibility index (Phi) is 7.63. The summed E-state index contributed by atoms with van der Waals surface area (Å²) in [6, 6.07) is 0. The summed E-state index contributed by atoms with van der Waals surface area (Å²) >= 11 is 0. The van der Waals surface area contributed by atoms with Crippen LogP contribution in [0, 0.1) is 0 Å². The van der Waals surface area contributed by atoms with Gasteiger partial charge < -0.3 is 4.89 Å². The molecule has 0 atom stereocenters. The third-order valence-corrected chi connectivity index (χ3v) is 2.34. The van der Waals surface area contributed by atoms with Crippen LogP contribution in [0.4, 0.5) is 0 Å². The maximum absolute atomic E-state index is 11.4. The van der Waals surface area contributed by atoms with E-state index in [2.05, 4.69) is 0 Å². The number of phosphoric acid groups is 1. The van der Waals surface area contributed by atoms with Crippen LogP contribution < -0.4 is 0 Å². The summed E-state index contributed by atoms with van der Waals surface area (Å²) in [7, 11) is -3.94. The van der Waals surface area contributed by atoms with Crippen molar-refractivity contribution >= 4 is 59.2 Å². The minimum absolute atomic E-state index is 0. The number of hydrogen-bond acceptors (Lipinski definition) is 3. The second-order valence-electron chi connectivity index (χ2n) is 4.88. The standard InChI is InChI=1S/C8H19O4P.K.H/c1-7(2,3)11-13(9,10)12-8(4,5)6;;/h1-6H3,(H,9,10);;. The van der Waals surface area contributed by atoms with Crippen molar-refractivity contribution in [3.8, 4) is 0 Å². The second-order valence-corrected chi connectivity index (χ2v) is 6.18. The molecule has 0 rings (SSSR count). The van der Waals surface area contributed by atoms with Crippen LogP contribution in [0.3, 0.4) is 0 Å². The molecule has 0 aromatic rings. The van der Waals surface area contributed by atoms with Gasteiger partial charge in [-0.25, -0.2) is 4.57 Å². The predicted octanol–water partition coefficient (Wildman–Crippen LogP) is 2.07. The van der Waals surface area contributed by atoms with Gasteiger partial charge >= 0.3 is 59.2 Å². The molecule has 1 N–H and O–H groups in total. The van der Waals surface area contributed by atoms with Crippen LogP contribution >= 0.6 is 7.82 Å². The van der Waals surface area contributed by atoms with Crippen molar-refractivity contribution in [3.05, 3.63) is 0 Å². The first-order valence-corrected chi connectivity index (χ1v) is 5.65. The summed E-state index contributed by atoms with van der Waals surface area (Å²) in [6.07, 6.45) is 0. The van der Waals surface area contributed by atoms with Crippen LogP contribution in [-0.2, 0) is 13.6 Å². The molecular formula is C8H20KO4P. The molecule has 0 radical (unpaired) electrons. The van der Waals surface area contributed by atoms with Gasteiger partial charge in [-0.2, -0.15) is 0 Å². The second kappa shape index (κ2) is 5.89. The molecule has 0 saturated heterocycles. The molecule has 0 amide bonds. The minimum atomic E-state index is -3.94. The normalized spacial score (nSPS) is 13.6. The van der Waals surface area contributed by atoms with Crippen LogP contribution in [0.15, 0.2) is 0 Å². The van der Waals surface area contributed by atoms with E-state index in [0.717, 1.165) is 0 Å². The monoisotopic (exact) mass is 250 g/mol. The maximum atomic E-state index is 11.4. The summed E-state index contributed by atoms with van der Waals surface area (Å²) in [5.74, 6) is 0. The molecule has 4 nitrogen and oxygen atoms in total. The van der Waals surface area contributed by atoms with Crippen LogP contribution in [-0.4, -0.2) is 67.5 Å². The third kappa shape index (κ3) is 11.8. The van der Waals surface area contributed by atoms with E-state index < -0.39 is 19.0 Å². The first kappa shape index (κ1) is 18.1. The summed E-state index contributed by atoms with van der Waals surface area (Å²) in [5, 5.41) is 0. The van der Waals surface area contributed by atoms with Crippen molar-refractivity contribution in [1.29, 1.82) is 0 Å². The third-order valence-electron chi connectivity index (χ3n) is 0.778. The van der Waals surface area contributed by atoms with Gasteiger partial charge in [0, 0.05) is 0 Å². The number of rotatable bonds is 2. The van der Waals surface area contributed by atoms with Crippen LogP contribution in [0.5, 0.6) is 0 Å². The van der Waals surface area contributed by atoms with E-state index >= 15 is 0 Å². The zero-order chi connectivity index (χ0) is 10.9. The van der Waals surface area contributed by atoms with E-state index in [1.54, 1.807) is 41.5 Å². The molecule has 0 heterocycles. The van der Waals surface area contributed by atoms with Crippen LogP contribution in [0.1, 0.15) is 41.5 Å². The van der Waals surface area contributed by atoms with Crippen molar-refractivity contribution in [2.75, 3.05) is 0 Å². The Balaban J connectivity index is 0. The quantitative estimate of drug-likeness (QED) is 0.602. The van der Waals surface area contributed by atoms with E-state index in [0.29, 0.717) is 0 Å². The van der Waals surface area contributed by atoms with Gasteiger partial charge in [-0.15, -0.1) is 0 Å². The first-order valence-electron chi connectivity index (χ1n) is 4.16. The molecule has 82 valence electrons. The van der Waals surface area contributed by atoms with Crippen molar-refractivity contribution in [2.45, 2.75) is 52.7 Å². The SMILES string of the molecule is CC(C)(C)OP(=O)(O)OC(C)(C)C.[KH]. The molecule has 0 bridgehead atoms. The van der Waals surface area contributed by atoms with Crippen molar-refractivity contribution in [3.63, 3.8) is 0 Å². The zero-order valence-corrected chi connectivity index (χ0v) is 10.0. The fourth-order valence-corrected chi connectivity index (χ4v) is 2.13.